The van der Waals surface area contributed by atoms with Gasteiger partial charge in [0.2, 0.25) is 5.88 Å². The van der Waals surface area contributed by atoms with Crippen LogP contribution in [0, 0.1) is 24.6 Å². The maximum absolute atomic E-state index is 15.9. The number of ketones is 1. The summed E-state index contributed by atoms with van der Waals surface area (Å²) in [4.78, 5) is 25.6. The Morgan fingerprint density at radius 3 is 2.67 bits per heavy atom. The number of aromatic nitrogens is 3. The molecular weight excluding hydrogens is 481 g/mol. The van der Waals surface area contributed by atoms with Crippen molar-refractivity contribution in [2.45, 2.75) is 58.5 Å². The lowest BCUT2D eigenvalue weighted by Gasteiger charge is -2.29. The molecule has 188 valence electrons. The summed E-state index contributed by atoms with van der Waals surface area (Å²) in [7, 11) is 1.54. The van der Waals surface area contributed by atoms with Gasteiger partial charge in [-0.1, -0.05) is 30.7 Å². The molecule has 5 rings (SSSR count). The van der Waals surface area contributed by atoms with Crippen LogP contribution in [-0.4, -0.2) is 27.8 Å². The van der Waals surface area contributed by atoms with Crippen molar-refractivity contribution in [1.29, 1.82) is 0 Å². The van der Waals surface area contributed by atoms with Gasteiger partial charge >= 0.3 is 0 Å². The molecular formula is C28H29ClFN3O3. The van der Waals surface area contributed by atoms with Gasteiger partial charge in [0.1, 0.15) is 17.6 Å². The number of hydrogen-bond acceptors (Lipinski definition) is 6. The number of Topliss-reactive ketones (excluding diaryl/α,β-unsaturated/α-hetero) is 1. The standard InChI is InChI=1S/C28H29ClFN3O3/c1-14(16(3)34)25(17-5-6-17)19-9-7-18-8-10-23(36-28(18)26(19)30)27-15(2)33-22(13-32-27)20-11-24(35-4)31-12-21(20)29/h7,9,11-14,17,23,25H,5-6,8,10H2,1-4H3/t14-,23?,25+/m1/s1. The number of carbonyl (C=O) groups excluding carboxylic acids is 1. The first-order chi connectivity index (χ1) is 17.3. The molecule has 1 aromatic carbocycles. The molecule has 1 aliphatic carbocycles. The third kappa shape index (κ3) is 4.57. The first kappa shape index (κ1) is 24.6. The van der Waals surface area contributed by atoms with E-state index in [1.165, 1.54) is 13.3 Å². The Hall–Kier alpha value is -3.06. The zero-order chi connectivity index (χ0) is 25.6. The summed E-state index contributed by atoms with van der Waals surface area (Å²) in [6, 6.07) is 5.52. The van der Waals surface area contributed by atoms with Crippen molar-refractivity contribution in [2.24, 2.45) is 11.8 Å². The third-order valence-corrected chi connectivity index (χ3v) is 7.72. The van der Waals surface area contributed by atoms with Crippen LogP contribution in [-0.2, 0) is 11.2 Å². The molecule has 1 saturated carbocycles. The summed E-state index contributed by atoms with van der Waals surface area (Å²) in [5.74, 6) is 0.428. The van der Waals surface area contributed by atoms with Crippen LogP contribution in [0.3, 0.4) is 0 Å². The summed E-state index contributed by atoms with van der Waals surface area (Å²) in [5.41, 5.74) is 4.04. The van der Waals surface area contributed by atoms with Crippen LogP contribution in [0.25, 0.3) is 11.3 Å². The minimum atomic E-state index is -0.421. The number of carbonyl (C=O) groups is 1. The van der Waals surface area contributed by atoms with Crippen molar-refractivity contribution in [3.63, 3.8) is 0 Å². The van der Waals surface area contributed by atoms with Gasteiger partial charge in [-0.15, -0.1) is 0 Å². The molecule has 0 bridgehead atoms. The molecule has 8 heteroatoms. The van der Waals surface area contributed by atoms with Crippen LogP contribution >= 0.6 is 11.6 Å². The highest BCUT2D eigenvalue weighted by atomic mass is 35.5. The molecule has 0 saturated heterocycles. The lowest BCUT2D eigenvalue weighted by Crippen LogP contribution is -2.23. The normalized spacial score (nSPS) is 18.7. The zero-order valence-corrected chi connectivity index (χ0v) is 21.6. The lowest BCUT2D eigenvalue weighted by atomic mass is 9.80. The van der Waals surface area contributed by atoms with Gasteiger partial charge in [0.25, 0.3) is 0 Å². The fourth-order valence-electron chi connectivity index (χ4n) is 5.18. The third-order valence-electron chi connectivity index (χ3n) is 7.42. The fraction of sp³-hybridized carbons (Fsp3) is 0.429. The van der Waals surface area contributed by atoms with E-state index in [-0.39, 0.29) is 29.2 Å². The van der Waals surface area contributed by atoms with E-state index < -0.39 is 6.10 Å². The van der Waals surface area contributed by atoms with E-state index in [1.807, 2.05) is 26.0 Å². The van der Waals surface area contributed by atoms with E-state index >= 15 is 4.39 Å². The Morgan fingerprint density at radius 2 is 2.00 bits per heavy atom. The number of methoxy groups -OCH3 is 1. The minimum absolute atomic E-state index is 0.0840. The molecule has 1 unspecified atom stereocenters. The van der Waals surface area contributed by atoms with Gasteiger partial charge in [-0.05, 0) is 62.5 Å². The average Bonchev–Trinajstić information content (AvgIpc) is 3.71. The van der Waals surface area contributed by atoms with Gasteiger partial charge in [-0.2, -0.15) is 0 Å². The van der Waals surface area contributed by atoms with Crippen LogP contribution in [0.4, 0.5) is 4.39 Å². The van der Waals surface area contributed by atoms with Crippen molar-refractivity contribution in [3.05, 3.63) is 63.9 Å². The van der Waals surface area contributed by atoms with Gasteiger partial charge in [0.05, 0.1) is 35.9 Å². The van der Waals surface area contributed by atoms with Crippen LogP contribution in [0.2, 0.25) is 5.02 Å². The maximum Gasteiger partial charge on any atom is 0.213 e. The Morgan fingerprint density at radius 1 is 1.22 bits per heavy atom. The molecule has 36 heavy (non-hydrogen) atoms. The van der Waals surface area contributed by atoms with Crippen molar-refractivity contribution in [1.82, 2.24) is 15.0 Å². The van der Waals surface area contributed by atoms with Crippen molar-refractivity contribution < 1.29 is 18.7 Å². The number of rotatable bonds is 7. The van der Waals surface area contributed by atoms with Crippen LogP contribution in [0.15, 0.2) is 30.6 Å². The number of ether oxygens (including phenoxy) is 2. The molecule has 1 aliphatic heterocycles. The molecule has 3 aromatic rings. The van der Waals surface area contributed by atoms with Gasteiger partial charge in [-0.3, -0.25) is 9.78 Å². The highest BCUT2D eigenvalue weighted by Crippen LogP contribution is 2.49. The average molecular weight is 510 g/mol. The minimum Gasteiger partial charge on any atom is -0.481 e. The summed E-state index contributed by atoms with van der Waals surface area (Å²) in [6.45, 7) is 5.35. The molecule has 2 aromatic heterocycles. The van der Waals surface area contributed by atoms with E-state index in [0.29, 0.717) is 57.9 Å². The van der Waals surface area contributed by atoms with Crippen molar-refractivity contribution >= 4 is 17.4 Å². The molecule has 0 radical (unpaired) electrons. The monoisotopic (exact) mass is 509 g/mol. The molecule has 0 N–H and O–H groups in total. The number of aryl methyl sites for hydroxylation is 2. The van der Waals surface area contributed by atoms with Crippen LogP contribution in [0.1, 0.15) is 67.6 Å². The summed E-state index contributed by atoms with van der Waals surface area (Å²) in [6.07, 6.45) is 6.13. The summed E-state index contributed by atoms with van der Waals surface area (Å²) in [5, 5.41) is 0.444. The maximum atomic E-state index is 15.9. The number of pyridine rings is 1. The Balaban J connectivity index is 1.45. The van der Waals surface area contributed by atoms with E-state index in [1.54, 1.807) is 19.2 Å². The lowest BCUT2D eigenvalue weighted by molar-refractivity contribution is -0.121. The number of halogens is 2. The van der Waals surface area contributed by atoms with E-state index in [4.69, 9.17) is 26.1 Å². The predicted octanol–water partition coefficient (Wildman–Crippen LogP) is 6.43. The van der Waals surface area contributed by atoms with Crippen molar-refractivity contribution in [2.75, 3.05) is 7.11 Å². The SMILES string of the molecule is COc1cc(-c2cnc(C3CCc4ccc([C@H](C5CC5)[C@H](C)C(C)=O)c(F)c4O3)c(C)n2)c(Cl)cn1. The number of hydrogen-bond donors (Lipinski definition) is 0. The Bertz CT molecular complexity index is 1330. The summed E-state index contributed by atoms with van der Waals surface area (Å²) < 4.78 is 27.4. The molecule has 2 aliphatic rings. The second-order valence-corrected chi connectivity index (χ2v) is 10.2. The Kier molecular flexibility index (Phi) is 6.68. The smallest absolute Gasteiger partial charge is 0.213 e. The fourth-order valence-corrected chi connectivity index (χ4v) is 5.38. The molecule has 0 spiro atoms. The second kappa shape index (κ2) is 9.77. The summed E-state index contributed by atoms with van der Waals surface area (Å²) >= 11 is 6.34. The second-order valence-electron chi connectivity index (χ2n) is 9.80. The predicted molar refractivity (Wildman–Crippen MR) is 135 cm³/mol. The highest BCUT2D eigenvalue weighted by molar-refractivity contribution is 6.33. The van der Waals surface area contributed by atoms with Crippen LogP contribution < -0.4 is 9.47 Å². The van der Waals surface area contributed by atoms with E-state index in [9.17, 15) is 4.79 Å². The van der Waals surface area contributed by atoms with Gasteiger partial charge in [0.15, 0.2) is 11.6 Å². The number of nitrogens with zero attached hydrogens (tertiary/aromatic N) is 3. The van der Waals surface area contributed by atoms with Crippen LogP contribution in [0.5, 0.6) is 11.6 Å². The quantitative estimate of drug-likeness (QED) is 0.365. The van der Waals surface area contributed by atoms with E-state index in [0.717, 1.165) is 18.4 Å². The molecule has 1 fully saturated rings. The largest absolute Gasteiger partial charge is 0.481 e. The van der Waals surface area contributed by atoms with Crippen molar-refractivity contribution in [3.8, 4) is 22.9 Å². The molecule has 3 atom stereocenters. The molecule has 3 heterocycles. The first-order valence-electron chi connectivity index (χ1n) is 12.3. The van der Waals surface area contributed by atoms with Gasteiger partial charge in [-0.25, -0.2) is 14.4 Å². The number of fused-ring (bicyclic) bond motifs is 1. The molecule has 0 amide bonds. The number of benzene rings is 1. The first-order valence-corrected chi connectivity index (χ1v) is 12.7. The van der Waals surface area contributed by atoms with E-state index in [2.05, 4.69) is 9.97 Å². The molecule has 6 nitrogen and oxygen atoms in total. The highest BCUT2D eigenvalue weighted by Gasteiger charge is 2.40. The van der Waals surface area contributed by atoms with Gasteiger partial charge in [0, 0.05) is 17.5 Å². The van der Waals surface area contributed by atoms with Gasteiger partial charge < -0.3 is 9.47 Å². The Labute approximate surface area is 215 Å². The zero-order valence-electron chi connectivity index (χ0n) is 20.8. The topological polar surface area (TPSA) is 74.2 Å².